The normalized spacial score (nSPS) is 26.9. The SMILES string of the molecule is CC1CCN(C(C)(C)C#N)C1. The average Bonchev–Trinajstić information content (AvgIpc) is 2.36. The molecule has 1 unspecified atom stereocenters. The summed E-state index contributed by atoms with van der Waals surface area (Å²) in [7, 11) is 0. The Morgan fingerprint density at radius 2 is 2.18 bits per heavy atom. The van der Waals surface area contributed by atoms with E-state index in [2.05, 4.69) is 17.9 Å². The van der Waals surface area contributed by atoms with Crippen LogP contribution in [0.3, 0.4) is 0 Å². The van der Waals surface area contributed by atoms with Crippen molar-refractivity contribution in [3.63, 3.8) is 0 Å². The number of nitriles is 1. The molecule has 1 heterocycles. The van der Waals surface area contributed by atoms with Crippen molar-refractivity contribution >= 4 is 0 Å². The minimum Gasteiger partial charge on any atom is -0.286 e. The maximum Gasteiger partial charge on any atom is 0.103 e. The topological polar surface area (TPSA) is 27.0 Å². The number of nitrogens with zero attached hydrogens (tertiary/aromatic N) is 2. The maximum atomic E-state index is 8.85. The molecule has 1 aliphatic rings. The molecule has 0 amide bonds. The molecule has 0 spiro atoms. The lowest BCUT2D eigenvalue weighted by Crippen LogP contribution is -2.40. The Morgan fingerprint density at radius 3 is 2.55 bits per heavy atom. The molecule has 0 radical (unpaired) electrons. The Hall–Kier alpha value is -0.550. The van der Waals surface area contributed by atoms with E-state index in [0.717, 1.165) is 19.0 Å². The summed E-state index contributed by atoms with van der Waals surface area (Å²) in [5.74, 6) is 0.766. The van der Waals surface area contributed by atoms with Crippen LogP contribution in [-0.4, -0.2) is 23.5 Å². The summed E-state index contributed by atoms with van der Waals surface area (Å²) in [6.45, 7) is 8.39. The van der Waals surface area contributed by atoms with Gasteiger partial charge in [0.1, 0.15) is 5.54 Å². The van der Waals surface area contributed by atoms with Crippen LogP contribution >= 0.6 is 0 Å². The molecule has 62 valence electrons. The number of hydrogen-bond donors (Lipinski definition) is 0. The minimum absolute atomic E-state index is 0.259. The first-order chi connectivity index (χ1) is 5.06. The Kier molecular flexibility index (Phi) is 2.20. The molecule has 2 nitrogen and oxygen atoms in total. The van der Waals surface area contributed by atoms with Crippen LogP contribution < -0.4 is 0 Å². The molecule has 1 rings (SSSR count). The van der Waals surface area contributed by atoms with Gasteiger partial charge in [0.25, 0.3) is 0 Å². The van der Waals surface area contributed by atoms with Crippen LogP contribution in [0.4, 0.5) is 0 Å². The highest BCUT2D eigenvalue weighted by Crippen LogP contribution is 2.23. The predicted molar refractivity (Wildman–Crippen MR) is 45.0 cm³/mol. The van der Waals surface area contributed by atoms with E-state index < -0.39 is 0 Å². The number of likely N-dealkylation sites (tertiary alicyclic amines) is 1. The first-order valence-electron chi connectivity index (χ1n) is 4.22. The van der Waals surface area contributed by atoms with Gasteiger partial charge in [-0.15, -0.1) is 0 Å². The quantitative estimate of drug-likeness (QED) is 0.571. The zero-order valence-electron chi connectivity index (χ0n) is 7.59. The molecule has 1 saturated heterocycles. The average molecular weight is 152 g/mol. The number of hydrogen-bond acceptors (Lipinski definition) is 2. The van der Waals surface area contributed by atoms with Gasteiger partial charge < -0.3 is 0 Å². The largest absolute Gasteiger partial charge is 0.286 e. The fraction of sp³-hybridized carbons (Fsp3) is 0.889. The van der Waals surface area contributed by atoms with E-state index in [9.17, 15) is 0 Å². The second-order valence-corrected chi connectivity index (χ2v) is 4.01. The first-order valence-corrected chi connectivity index (χ1v) is 4.22. The zero-order chi connectivity index (χ0) is 8.48. The monoisotopic (exact) mass is 152 g/mol. The van der Waals surface area contributed by atoms with Crippen LogP contribution in [0.25, 0.3) is 0 Å². The highest BCUT2D eigenvalue weighted by atomic mass is 15.2. The summed E-state index contributed by atoms with van der Waals surface area (Å²) in [6, 6.07) is 2.33. The molecule has 1 atom stereocenters. The van der Waals surface area contributed by atoms with Gasteiger partial charge >= 0.3 is 0 Å². The lowest BCUT2D eigenvalue weighted by Gasteiger charge is -2.28. The molecular weight excluding hydrogens is 136 g/mol. The Morgan fingerprint density at radius 1 is 1.55 bits per heavy atom. The van der Waals surface area contributed by atoms with Crippen molar-refractivity contribution < 1.29 is 0 Å². The van der Waals surface area contributed by atoms with Gasteiger partial charge in [0.2, 0.25) is 0 Å². The fourth-order valence-electron chi connectivity index (χ4n) is 1.51. The molecule has 0 aromatic rings. The van der Waals surface area contributed by atoms with Crippen molar-refractivity contribution in [3.8, 4) is 6.07 Å². The highest BCUT2D eigenvalue weighted by Gasteiger charge is 2.31. The van der Waals surface area contributed by atoms with Gasteiger partial charge in [0.05, 0.1) is 6.07 Å². The van der Waals surface area contributed by atoms with Crippen LogP contribution in [0.1, 0.15) is 27.2 Å². The van der Waals surface area contributed by atoms with Gasteiger partial charge in [-0.05, 0) is 32.7 Å². The minimum atomic E-state index is -0.259. The lowest BCUT2D eigenvalue weighted by molar-refractivity contribution is 0.205. The van der Waals surface area contributed by atoms with E-state index in [-0.39, 0.29) is 5.54 Å². The van der Waals surface area contributed by atoms with Gasteiger partial charge in [0.15, 0.2) is 0 Å². The third kappa shape index (κ3) is 1.72. The van der Waals surface area contributed by atoms with Crippen LogP contribution in [0, 0.1) is 17.2 Å². The van der Waals surface area contributed by atoms with Crippen molar-refractivity contribution in [2.24, 2.45) is 5.92 Å². The standard InChI is InChI=1S/C9H16N2/c1-8-4-5-11(6-8)9(2,3)7-10/h8H,4-6H2,1-3H3. The Balaban J connectivity index is 2.57. The molecule has 2 heteroatoms. The molecule has 1 fully saturated rings. The Labute approximate surface area is 68.8 Å². The summed E-state index contributed by atoms with van der Waals surface area (Å²) in [6.07, 6.45) is 1.24. The molecule has 0 bridgehead atoms. The second-order valence-electron chi connectivity index (χ2n) is 4.01. The molecule has 0 aliphatic carbocycles. The van der Waals surface area contributed by atoms with Crippen LogP contribution in [-0.2, 0) is 0 Å². The highest BCUT2D eigenvalue weighted by molar-refractivity contribution is 5.03. The molecule has 0 saturated carbocycles. The fourth-order valence-corrected chi connectivity index (χ4v) is 1.51. The van der Waals surface area contributed by atoms with E-state index in [0.29, 0.717) is 0 Å². The summed E-state index contributed by atoms with van der Waals surface area (Å²) in [5, 5.41) is 8.85. The van der Waals surface area contributed by atoms with Crippen LogP contribution in [0.5, 0.6) is 0 Å². The van der Waals surface area contributed by atoms with E-state index >= 15 is 0 Å². The van der Waals surface area contributed by atoms with E-state index in [4.69, 9.17) is 5.26 Å². The summed E-state index contributed by atoms with van der Waals surface area (Å²) in [4.78, 5) is 2.26. The molecular formula is C9H16N2. The summed E-state index contributed by atoms with van der Waals surface area (Å²) < 4.78 is 0. The molecule has 0 aromatic carbocycles. The van der Waals surface area contributed by atoms with Gasteiger partial charge in [-0.1, -0.05) is 6.92 Å². The summed E-state index contributed by atoms with van der Waals surface area (Å²) in [5.41, 5.74) is -0.259. The molecule has 11 heavy (non-hydrogen) atoms. The van der Waals surface area contributed by atoms with Gasteiger partial charge in [-0.25, -0.2) is 0 Å². The first kappa shape index (κ1) is 8.55. The van der Waals surface area contributed by atoms with Crippen molar-refractivity contribution in [3.05, 3.63) is 0 Å². The van der Waals surface area contributed by atoms with Crippen LogP contribution in [0.2, 0.25) is 0 Å². The van der Waals surface area contributed by atoms with Crippen LogP contribution in [0.15, 0.2) is 0 Å². The lowest BCUT2D eigenvalue weighted by atomic mass is 10.1. The third-order valence-electron chi connectivity index (χ3n) is 2.49. The van der Waals surface area contributed by atoms with Crippen molar-refractivity contribution in [2.45, 2.75) is 32.7 Å². The zero-order valence-corrected chi connectivity index (χ0v) is 7.59. The van der Waals surface area contributed by atoms with Crippen molar-refractivity contribution in [2.75, 3.05) is 13.1 Å². The van der Waals surface area contributed by atoms with E-state index in [1.54, 1.807) is 0 Å². The van der Waals surface area contributed by atoms with Gasteiger partial charge in [0, 0.05) is 6.54 Å². The number of rotatable bonds is 1. The van der Waals surface area contributed by atoms with E-state index in [1.807, 2.05) is 13.8 Å². The molecule has 1 aliphatic heterocycles. The predicted octanol–water partition coefficient (Wildman–Crippen LogP) is 1.63. The second kappa shape index (κ2) is 2.83. The smallest absolute Gasteiger partial charge is 0.103 e. The Bertz CT molecular complexity index is 178. The molecule has 0 N–H and O–H groups in total. The van der Waals surface area contributed by atoms with E-state index in [1.165, 1.54) is 6.42 Å². The van der Waals surface area contributed by atoms with Gasteiger partial charge in [-0.3, -0.25) is 4.90 Å². The summed E-state index contributed by atoms with van der Waals surface area (Å²) >= 11 is 0. The third-order valence-corrected chi connectivity index (χ3v) is 2.49. The van der Waals surface area contributed by atoms with Crippen molar-refractivity contribution in [1.29, 1.82) is 5.26 Å². The maximum absolute atomic E-state index is 8.85. The van der Waals surface area contributed by atoms with Crippen molar-refractivity contribution in [1.82, 2.24) is 4.90 Å². The van der Waals surface area contributed by atoms with Gasteiger partial charge in [-0.2, -0.15) is 5.26 Å². The molecule has 0 aromatic heterocycles.